The molecule has 1 saturated carbocycles. The molecule has 3 atom stereocenters. The summed E-state index contributed by atoms with van der Waals surface area (Å²) in [5.74, 6) is -1.72. The minimum absolute atomic E-state index is 0.254. The highest BCUT2D eigenvalue weighted by atomic mass is 16.5. The summed E-state index contributed by atoms with van der Waals surface area (Å²) < 4.78 is 4.59. The zero-order valence-electron chi connectivity index (χ0n) is 9.42. The molecule has 1 fully saturated rings. The number of rotatable bonds is 3. The molecule has 17 heavy (non-hydrogen) atoms. The summed E-state index contributed by atoms with van der Waals surface area (Å²) >= 11 is 0. The van der Waals surface area contributed by atoms with Gasteiger partial charge in [0.15, 0.2) is 5.82 Å². The molecule has 2 N–H and O–H groups in total. The molecule has 1 amide bonds. The summed E-state index contributed by atoms with van der Waals surface area (Å²) in [6, 6.07) is 1.52. The van der Waals surface area contributed by atoms with Crippen molar-refractivity contribution in [1.29, 1.82) is 0 Å². The van der Waals surface area contributed by atoms with Crippen molar-refractivity contribution in [3.63, 3.8) is 0 Å². The van der Waals surface area contributed by atoms with Crippen LogP contribution in [0, 0.1) is 17.8 Å². The highest BCUT2D eigenvalue weighted by molar-refractivity contribution is 5.94. The van der Waals surface area contributed by atoms with Crippen molar-refractivity contribution in [2.24, 2.45) is 17.8 Å². The summed E-state index contributed by atoms with van der Waals surface area (Å²) in [4.78, 5) is 23.0. The predicted molar refractivity (Wildman–Crippen MR) is 58.1 cm³/mol. The molecule has 0 aliphatic heterocycles. The molecular weight excluding hydrogens is 224 g/mol. The van der Waals surface area contributed by atoms with Gasteiger partial charge in [0, 0.05) is 6.07 Å². The molecule has 1 aromatic heterocycles. The Labute approximate surface area is 98.0 Å². The molecule has 1 aromatic rings. The van der Waals surface area contributed by atoms with Crippen LogP contribution in [0.15, 0.2) is 16.9 Å². The van der Waals surface area contributed by atoms with E-state index < -0.39 is 17.8 Å². The van der Waals surface area contributed by atoms with E-state index >= 15 is 0 Å². The number of carboxylic acids is 1. The van der Waals surface area contributed by atoms with Crippen molar-refractivity contribution in [2.45, 2.75) is 19.8 Å². The van der Waals surface area contributed by atoms with E-state index in [1.165, 1.54) is 12.3 Å². The molecule has 1 heterocycles. The van der Waals surface area contributed by atoms with Crippen LogP contribution in [-0.4, -0.2) is 22.1 Å². The van der Waals surface area contributed by atoms with Crippen molar-refractivity contribution < 1.29 is 19.2 Å². The van der Waals surface area contributed by atoms with E-state index in [2.05, 4.69) is 15.0 Å². The van der Waals surface area contributed by atoms with Crippen molar-refractivity contribution in [3.05, 3.63) is 12.3 Å². The molecule has 0 spiro atoms. The summed E-state index contributed by atoms with van der Waals surface area (Å²) in [6.45, 7) is 1.96. The average Bonchev–Trinajstić information content (AvgIpc) is 2.86. The number of hydrogen-bond donors (Lipinski definition) is 2. The largest absolute Gasteiger partial charge is 0.481 e. The van der Waals surface area contributed by atoms with Gasteiger partial charge in [-0.05, 0) is 18.8 Å². The van der Waals surface area contributed by atoms with Gasteiger partial charge in [0.05, 0.1) is 11.8 Å². The van der Waals surface area contributed by atoms with Crippen LogP contribution >= 0.6 is 0 Å². The van der Waals surface area contributed by atoms with E-state index in [0.29, 0.717) is 18.7 Å². The number of anilines is 1. The molecule has 1 unspecified atom stereocenters. The van der Waals surface area contributed by atoms with E-state index in [1.54, 1.807) is 0 Å². The third-order valence-electron chi connectivity index (χ3n) is 3.14. The minimum Gasteiger partial charge on any atom is -0.481 e. The first-order valence-electron chi connectivity index (χ1n) is 5.52. The van der Waals surface area contributed by atoms with Crippen molar-refractivity contribution in [1.82, 2.24) is 5.16 Å². The smallest absolute Gasteiger partial charge is 0.307 e. The molecule has 0 aromatic carbocycles. The van der Waals surface area contributed by atoms with Gasteiger partial charge in [-0.3, -0.25) is 9.59 Å². The number of nitrogens with zero attached hydrogens (tertiary/aromatic N) is 1. The Bertz CT molecular complexity index is 415. The highest BCUT2D eigenvalue weighted by Crippen LogP contribution is 2.36. The van der Waals surface area contributed by atoms with Gasteiger partial charge in [0.1, 0.15) is 6.26 Å². The fourth-order valence-electron chi connectivity index (χ4n) is 2.35. The summed E-state index contributed by atoms with van der Waals surface area (Å²) in [5.41, 5.74) is 0. The van der Waals surface area contributed by atoms with Gasteiger partial charge in [0.2, 0.25) is 5.91 Å². The van der Waals surface area contributed by atoms with Crippen LogP contribution in [0.2, 0.25) is 0 Å². The number of aromatic nitrogens is 1. The van der Waals surface area contributed by atoms with Gasteiger partial charge in [-0.25, -0.2) is 0 Å². The normalized spacial score (nSPS) is 27.9. The van der Waals surface area contributed by atoms with Gasteiger partial charge in [-0.1, -0.05) is 12.1 Å². The Hall–Kier alpha value is -1.85. The topological polar surface area (TPSA) is 92.4 Å². The summed E-state index contributed by atoms with van der Waals surface area (Å²) in [5, 5.41) is 15.2. The summed E-state index contributed by atoms with van der Waals surface area (Å²) in [6.07, 6.45) is 2.49. The van der Waals surface area contributed by atoms with Crippen molar-refractivity contribution >= 4 is 17.7 Å². The lowest BCUT2D eigenvalue weighted by atomic mass is 9.95. The van der Waals surface area contributed by atoms with E-state index in [-0.39, 0.29) is 11.8 Å². The second kappa shape index (κ2) is 4.57. The number of carbonyl (C=O) groups is 2. The third-order valence-corrected chi connectivity index (χ3v) is 3.14. The fourth-order valence-corrected chi connectivity index (χ4v) is 2.35. The molecule has 0 radical (unpaired) electrons. The Morgan fingerprint density at radius 2 is 2.18 bits per heavy atom. The van der Waals surface area contributed by atoms with Crippen LogP contribution in [0.4, 0.5) is 5.82 Å². The quantitative estimate of drug-likeness (QED) is 0.829. The van der Waals surface area contributed by atoms with Gasteiger partial charge >= 0.3 is 5.97 Å². The summed E-state index contributed by atoms with van der Waals surface area (Å²) in [7, 11) is 0. The standard InChI is InChI=1S/C11H14N2O4/c1-6-4-7(8(5-6)11(15)16)10(14)12-9-2-3-17-13-9/h2-3,6-8H,4-5H2,1H3,(H,15,16)(H,12,13,14)/t6?,7-,8+/m0/s1. The van der Waals surface area contributed by atoms with E-state index in [1.807, 2.05) is 6.92 Å². The third kappa shape index (κ3) is 2.46. The first kappa shape index (κ1) is 11.6. The second-order valence-electron chi connectivity index (χ2n) is 4.50. The molecule has 6 heteroatoms. The number of carboxylic acid groups (broad SMARTS) is 1. The van der Waals surface area contributed by atoms with Crippen LogP contribution in [0.1, 0.15) is 19.8 Å². The Morgan fingerprint density at radius 3 is 2.76 bits per heavy atom. The number of carbonyl (C=O) groups excluding carboxylic acids is 1. The van der Waals surface area contributed by atoms with E-state index in [9.17, 15) is 9.59 Å². The van der Waals surface area contributed by atoms with Crippen LogP contribution in [0.5, 0.6) is 0 Å². The minimum atomic E-state index is -0.908. The van der Waals surface area contributed by atoms with Crippen molar-refractivity contribution in [2.75, 3.05) is 5.32 Å². The Morgan fingerprint density at radius 1 is 1.47 bits per heavy atom. The molecule has 1 aliphatic carbocycles. The van der Waals surface area contributed by atoms with Crippen LogP contribution < -0.4 is 5.32 Å². The Kier molecular flexibility index (Phi) is 3.12. The van der Waals surface area contributed by atoms with Crippen LogP contribution in [-0.2, 0) is 9.59 Å². The van der Waals surface area contributed by atoms with Crippen LogP contribution in [0.25, 0.3) is 0 Å². The SMILES string of the molecule is CC1C[C@H](C(=O)Nc2ccon2)[C@H](C(=O)O)C1. The first-order valence-corrected chi connectivity index (χ1v) is 5.52. The van der Waals surface area contributed by atoms with E-state index in [4.69, 9.17) is 5.11 Å². The molecule has 1 aliphatic rings. The monoisotopic (exact) mass is 238 g/mol. The lowest BCUT2D eigenvalue weighted by molar-refractivity contribution is -0.145. The molecule has 0 saturated heterocycles. The Balaban J connectivity index is 2.05. The van der Waals surface area contributed by atoms with Gasteiger partial charge in [-0.15, -0.1) is 0 Å². The number of nitrogens with one attached hydrogen (secondary N) is 1. The maximum atomic E-state index is 11.9. The van der Waals surface area contributed by atoms with Gasteiger partial charge in [0.25, 0.3) is 0 Å². The number of hydrogen-bond acceptors (Lipinski definition) is 4. The lowest BCUT2D eigenvalue weighted by Crippen LogP contribution is -2.30. The lowest BCUT2D eigenvalue weighted by Gasteiger charge is -2.13. The fraction of sp³-hybridized carbons (Fsp3) is 0.545. The zero-order valence-corrected chi connectivity index (χ0v) is 9.42. The van der Waals surface area contributed by atoms with Crippen molar-refractivity contribution in [3.8, 4) is 0 Å². The molecule has 6 nitrogen and oxygen atoms in total. The number of aliphatic carboxylic acids is 1. The van der Waals surface area contributed by atoms with Crippen LogP contribution in [0.3, 0.4) is 0 Å². The first-order chi connectivity index (χ1) is 8.08. The molecule has 2 rings (SSSR count). The zero-order chi connectivity index (χ0) is 12.4. The second-order valence-corrected chi connectivity index (χ2v) is 4.50. The average molecular weight is 238 g/mol. The molecule has 92 valence electrons. The predicted octanol–water partition coefficient (Wildman–Crippen LogP) is 1.36. The molecule has 0 bridgehead atoms. The number of amides is 1. The molecular formula is C11H14N2O4. The maximum absolute atomic E-state index is 11.9. The van der Waals surface area contributed by atoms with E-state index in [0.717, 1.165) is 0 Å². The van der Waals surface area contributed by atoms with Gasteiger partial charge < -0.3 is 14.9 Å². The van der Waals surface area contributed by atoms with Gasteiger partial charge in [-0.2, -0.15) is 0 Å². The maximum Gasteiger partial charge on any atom is 0.307 e. The highest BCUT2D eigenvalue weighted by Gasteiger charge is 2.41.